The van der Waals surface area contributed by atoms with E-state index in [-0.39, 0.29) is 29.5 Å². The van der Waals surface area contributed by atoms with Crippen molar-refractivity contribution in [2.75, 3.05) is 18.4 Å². The second-order valence-electron chi connectivity index (χ2n) is 7.80. The molecule has 2 heterocycles. The van der Waals surface area contributed by atoms with Crippen LogP contribution in [0.2, 0.25) is 0 Å². The molecule has 1 aromatic rings. The first-order valence-electron chi connectivity index (χ1n) is 10.1. The van der Waals surface area contributed by atoms with Crippen molar-refractivity contribution in [3.8, 4) is 0 Å². The third kappa shape index (κ3) is 4.04. The number of halogens is 1. The van der Waals surface area contributed by atoms with Gasteiger partial charge in [-0.05, 0) is 68.3 Å². The minimum absolute atomic E-state index is 0.134. The van der Waals surface area contributed by atoms with Crippen LogP contribution in [-0.4, -0.2) is 30.9 Å². The molecule has 2 N–H and O–H groups in total. The maximum Gasteiger partial charge on any atom is 0.291 e. The summed E-state index contributed by atoms with van der Waals surface area (Å²) in [6.07, 6.45) is 6.00. The second-order valence-corrected chi connectivity index (χ2v) is 7.80. The van der Waals surface area contributed by atoms with Gasteiger partial charge in [0.1, 0.15) is 5.82 Å². The highest BCUT2D eigenvalue weighted by Crippen LogP contribution is 2.34. The number of azo groups is 1. The van der Waals surface area contributed by atoms with Crippen LogP contribution in [0.5, 0.6) is 0 Å². The third-order valence-corrected chi connectivity index (χ3v) is 5.84. The lowest BCUT2D eigenvalue weighted by molar-refractivity contribution is -0.120. The van der Waals surface area contributed by atoms with Gasteiger partial charge in [0.15, 0.2) is 0 Å². The van der Waals surface area contributed by atoms with Gasteiger partial charge in [-0.3, -0.25) is 9.59 Å². The number of piperidine rings is 1. The van der Waals surface area contributed by atoms with Crippen molar-refractivity contribution in [1.29, 1.82) is 0 Å². The summed E-state index contributed by atoms with van der Waals surface area (Å²) in [4.78, 5) is 24.4. The minimum atomic E-state index is -0.445. The fraction of sp³-hybridized carbons (Fsp3) is 0.524. The SMILES string of the molecule is O=C1N=NC(Cc2ccc(F)c(NC(=O)C3CCCNC3)c2)C2=C1CCCC2. The summed E-state index contributed by atoms with van der Waals surface area (Å²) in [5, 5.41) is 14.0. The first kappa shape index (κ1) is 18.9. The molecule has 148 valence electrons. The van der Waals surface area contributed by atoms with Crippen molar-refractivity contribution in [3.63, 3.8) is 0 Å². The van der Waals surface area contributed by atoms with Gasteiger partial charge < -0.3 is 10.6 Å². The van der Waals surface area contributed by atoms with Crippen LogP contribution < -0.4 is 10.6 Å². The number of nitrogens with zero attached hydrogens (tertiary/aromatic N) is 2. The normalized spacial score (nSPS) is 24.8. The maximum atomic E-state index is 14.3. The number of rotatable bonds is 4. The molecule has 2 aliphatic heterocycles. The van der Waals surface area contributed by atoms with Crippen LogP contribution in [0.1, 0.15) is 44.1 Å². The highest BCUT2D eigenvalue weighted by atomic mass is 19.1. The summed E-state index contributed by atoms with van der Waals surface area (Å²) in [6.45, 7) is 1.55. The van der Waals surface area contributed by atoms with E-state index in [1.54, 1.807) is 12.1 Å². The van der Waals surface area contributed by atoms with E-state index in [0.717, 1.165) is 61.8 Å². The highest BCUT2D eigenvalue weighted by molar-refractivity contribution is 5.95. The zero-order valence-electron chi connectivity index (χ0n) is 15.8. The fourth-order valence-electron chi connectivity index (χ4n) is 4.29. The quantitative estimate of drug-likeness (QED) is 0.833. The van der Waals surface area contributed by atoms with Gasteiger partial charge in [-0.1, -0.05) is 6.07 Å². The Morgan fingerprint density at radius 2 is 2.11 bits per heavy atom. The number of carbonyl (C=O) groups excluding carboxylic acids is 2. The third-order valence-electron chi connectivity index (χ3n) is 5.84. The number of benzene rings is 1. The first-order valence-corrected chi connectivity index (χ1v) is 10.1. The molecule has 2 amide bonds. The van der Waals surface area contributed by atoms with Gasteiger partial charge in [-0.15, -0.1) is 5.11 Å². The Bertz CT molecular complexity index is 843. The Morgan fingerprint density at radius 1 is 1.25 bits per heavy atom. The van der Waals surface area contributed by atoms with Gasteiger partial charge in [-0.2, -0.15) is 5.11 Å². The van der Waals surface area contributed by atoms with Gasteiger partial charge in [0.2, 0.25) is 5.91 Å². The number of amides is 2. The number of carbonyl (C=O) groups is 2. The van der Waals surface area contributed by atoms with Crippen LogP contribution in [0.25, 0.3) is 0 Å². The van der Waals surface area contributed by atoms with Gasteiger partial charge in [0.05, 0.1) is 17.6 Å². The summed E-state index contributed by atoms with van der Waals surface area (Å²) < 4.78 is 14.3. The molecule has 6 nitrogen and oxygen atoms in total. The summed E-state index contributed by atoms with van der Waals surface area (Å²) in [5.41, 5.74) is 2.96. The molecule has 2 unspecified atom stereocenters. The largest absolute Gasteiger partial charge is 0.323 e. The molecule has 0 spiro atoms. The number of anilines is 1. The molecule has 1 aliphatic carbocycles. The van der Waals surface area contributed by atoms with E-state index in [9.17, 15) is 14.0 Å². The van der Waals surface area contributed by atoms with E-state index in [4.69, 9.17) is 0 Å². The van der Waals surface area contributed by atoms with Crippen LogP contribution in [0.3, 0.4) is 0 Å². The zero-order chi connectivity index (χ0) is 19.5. The molecule has 7 heteroatoms. The lowest BCUT2D eigenvalue weighted by Crippen LogP contribution is -2.37. The first-order chi connectivity index (χ1) is 13.6. The predicted octanol–water partition coefficient (Wildman–Crippen LogP) is 3.54. The molecule has 1 aromatic carbocycles. The Kier molecular flexibility index (Phi) is 5.62. The Hall–Kier alpha value is -2.41. The average molecular weight is 384 g/mol. The smallest absolute Gasteiger partial charge is 0.291 e. The lowest BCUT2D eigenvalue weighted by atomic mass is 9.84. The molecule has 0 bridgehead atoms. The van der Waals surface area contributed by atoms with E-state index in [1.165, 1.54) is 6.07 Å². The van der Waals surface area contributed by atoms with Crippen molar-refractivity contribution < 1.29 is 14.0 Å². The van der Waals surface area contributed by atoms with Crippen molar-refractivity contribution >= 4 is 17.5 Å². The van der Waals surface area contributed by atoms with Crippen molar-refractivity contribution in [1.82, 2.24) is 5.32 Å². The van der Waals surface area contributed by atoms with Crippen LogP contribution >= 0.6 is 0 Å². The second kappa shape index (κ2) is 8.31. The minimum Gasteiger partial charge on any atom is -0.323 e. The van der Waals surface area contributed by atoms with Crippen LogP contribution in [-0.2, 0) is 16.0 Å². The van der Waals surface area contributed by atoms with E-state index in [1.807, 2.05) is 0 Å². The maximum absolute atomic E-state index is 14.3. The summed E-state index contributed by atoms with van der Waals surface area (Å²) in [7, 11) is 0. The number of hydrogen-bond acceptors (Lipinski definition) is 4. The van der Waals surface area contributed by atoms with Crippen molar-refractivity contribution in [2.45, 2.75) is 51.0 Å². The molecular weight excluding hydrogens is 359 g/mol. The molecule has 28 heavy (non-hydrogen) atoms. The van der Waals surface area contributed by atoms with Gasteiger partial charge >= 0.3 is 0 Å². The number of hydrogen-bond donors (Lipinski definition) is 2. The van der Waals surface area contributed by atoms with Gasteiger partial charge in [-0.25, -0.2) is 4.39 Å². The standard InChI is InChI=1S/C21H25FN4O2/c22-17-8-7-13(11-19(17)24-20(27)14-4-3-9-23-12-14)10-18-15-5-1-2-6-16(15)21(28)26-25-18/h7-8,11,14,18,23H,1-6,9-10,12H2,(H,24,27). The molecule has 0 aromatic heterocycles. The number of nitrogens with one attached hydrogen (secondary N) is 2. The molecule has 1 saturated heterocycles. The Balaban J connectivity index is 1.49. The van der Waals surface area contributed by atoms with Crippen molar-refractivity contribution in [2.24, 2.45) is 16.1 Å². The molecule has 3 aliphatic rings. The Morgan fingerprint density at radius 3 is 2.93 bits per heavy atom. The molecule has 0 radical (unpaired) electrons. The van der Waals surface area contributed by atoms with E-state index >= 15 is 0 Å². The lowest BCUT2D eigenvalue weighted by Gasteiger charge is -2.26. The summed E-state index contributed by atoms with van der Waals surface area (Å²) in [5.74, 6) is -0.939. The topological polar surface area (TPSA) is 82.9 Å². The molecule has 2 atom stereocenters. The molecule has 0 saturated carbocycles. The van der Waals surface area contributed by atoms with Crippen LogP contribution in [0.4, 0.5) is 10.1 Å². The highest BCUT2D eigenvalue weighted by Gasteiger charge is 2.29. The monoisotopic (exact) mass is 384 g/mol. The van der Waals surface area contributed by atoms with E-state index in [2.05, 4.69) is 20.9 Å². The van der Waals surface area contributed by atoms with Gasteiger partial charge in [0.25, 0.3) is 5.91 Å². The van der Waals surface area contributed by atoms with E-state index < -0.39 is 5.82 Å². The summed E-state index contributed by atoms with van der Waals surface area (Å²) >= 11 is 0. The fourth-order valence-corrected chi connectivity index (χ4v) is 4.29. The summed E-state index contributed by atoms with van der Waals surface area (Å²) in [6, 6.07) is 4.59. The van der Waals surface area contributed by atoms with Crippen LogP contribution in [0, 0.1) is 11.7 Å². The van der Waals surface area contributed by atoms with Crippen molar-refractivity contribution in [3.05, 3.63) is 40.7 Å². The van der Waals surface area contributed by atoms with Gasteiger partial charge in [0, 0.05) is 18.5 Å². The molecule has 1 fully saturated rings. The average Bonchev–Trinajstić information content (AvgIpc) is 2.73. The molecular formula is C21H25FN4O2. The van der Waals surface area contributed by atoms with Crippen LogP contribution in [0.15, 0.2) is 39.6 Å². The predicted molar refractivity (Wildman–Crippen MR) is 103 cm³/mol. The zero-order valence-corrected chi connectivity index (χ0v) is 15.8. The Labute approximate surface area is 163 Å². The van der Waals surface area contributed by atoms with E-state index in [0.29, 0.717) is 13.0 Å². The molecule has 4 rings (SSSR count).